The summed E-state index contributed by atoms with van der Waals surface area (Å²) in [6, 6.07) is 1.87. The molecule has 0 fully saturated rings. The molecule has 1 rings (SSSR count). The highest BCUT2D eigenvalue weighted by Crippen LogP contribution is 2.21. The van der Waals surface area contributed by atoms with Gasteiger partial charge in [0.2, 0.25) is 0 Å². The summed E-state index contributed by atoms with van der Waals surface area (Å²) in [4.78, 5) is 5.76. The maximum Gasteiger partial charge on any atom is 0.255 e. The van der Waals surface area contributed by atoms with E-state index in [0.717, 1.165) is 10.0 Å². The predicted octanol–water partition coefficient (Wildman–Crippen LogP) is 3.62. The molecule has 1 aromatic heterocycles. The Hall–Kier alpha value is -0.230. The molecule has 1 aromatic rings. The molecule has 90 valence electrons. The second kappa shape index (κ2) is 6.49. The van der Waals surface area contributed by atoms with Crippen molar-refractivity contribution >= 4 is 37.7 Å². The lowest BCUT2D eigenvalue weighted by Gasteiger charge is -2.24. The average Bonchev–Trinajstić information content (AvgIpc) is 2.16. The molecule has 0 atom stereocenters. The van der Waals surface area contributed by atoms with Gasteiger partial charge in [0.05, 0.1) is 6.54 Å². The van der Waals surface area contributed by atoms with Crippen LogP contribution in [0.25, 0.3) is 0 Å². The molecule has 0 unspecified atom stereocenters. The van der Waals surface area contributed by atoms with Gasteiger partial charge < -0.3 is 4.90 Å². The van der Waals surface area contributed by atoms with Crippen LogP contribution >= 0.6 is 31.9 Å². The van der Waals surface area contributed by atoms with Gasteiger partial charge in [0.1, 0.15) is 5.82 Å². The number of rotatable bonds is 5. The summed E-state index contributed by atoms with van der Waals surface area (Å²) in [5, 5.41) is 0.636. The lowest BCUT2D eigenvalue weighted by Crippen LogP contribution is -2.31. The molecule has 0 radical (unpaired) electrons. The molecular weight excluding hydrogens is 346 g/mol. The summed E-state index contributed by atoms with van der Waals surface area (Å²) in [7, 11) is 0. The quantitative estimate of drug-likeness (QED) is 0.748. The first-order valence-corrected chi connectivity index (χ1v) is 6.67. The van der Waals surface area contributed by atoms with Crippen LogP contribution in [0.5, 0.6) is 0 Å². The topological polar surface area (TPSA) is 16.1 Å². The molecule has 2 nitrogen and oxygen atoms in total. The number of alkyl halides is 3. The summed E-state index contributed by atoms with van der Waals surface area (Å²) >= 11 is 6.55. The van der Waals surface area contributed by atoms with E-state index in [4.69, 9.17) is 0 Å². The maximum atomic E-state index is 12.4. The number of hydrogen-bond donors (Lipinski definition) is 0. The molecule has 0 N–H and O–H groups in total. The van der Waals surface area contributed by atoms with E-state index in [1.807, 2.05) is 13.0 Å². The number of nitrogens with zero attached hydrogens (tertiary/aromatic N) is 2. The van der Waals surface area contributed by atoms with E-state index >= 15 is 0 Å². The molecule has 0 saturated heterocycles. The highest BCUT2D eigenvalue weighted by atomic mass is 79.9. The first-order chi connectivity index (χ1) is 7.54. The molecular formula is C10H12Br2F2N2. The third-order valence-electron chi connectivity index (χ3n) is 2.03. The van der Waals surface area contributed by atoms with Crippen LogP contribution in [0.1, 0.15) is 5.56 Å². The van der Waals surface area contributed by atoms with Crippen molar-refractivity contribution in [1.29, 1.82) is 0 Å². The van der Waals surface area contributed by atoms with Crippen molar-refractivity contribution in [2.24, 2.45) is 0 Å². The van der Waals surface area contributed by atoms with Gasteiger partial charge in [0, 0.05) is 22.5 Å². The zero-order valence-corrected chi connectivity index (χ0v) is 11.9. The first kappa shape index (κ1) is 13.8. The van der Waals surface area contributed by atoms with Gasteiger partial charge in [-0.2, -0.15) is 0 Å². The molecule has 0 aliphatic heterocycles. The van der Waals surface area contributed by atoms with Gasteiger partial charge in [-0.1, -0.05) is 15.9 Å². The van der Waals surface area contributed by atoms with Crippen molar-refractivity contribution in [3.8, 4) is 0 Å². The van der Waals surface area contributed by atoms with E-state index in [-0.39, 0.29) is 6.54 Å². The van der Waals surface area contributed by atoms with E-state index in [2.05, 4.69) is 36.8 Å². The van der Waals surface area contributed by atoms with Crippen LogP contribution in [0.15, 0.2) is 16.7 Å². The van der Waals surface area contributed by atoms with Crippen LogP contribution in [0, 0.1) is 6.92 Å². The molecule has 16 heavy (non-hydrogen) atoms. The number of anilines is 1. The third kappa shape index (κ3) is 3.97. The fourth-order valence-electron chi connectivity index (χ4n) is 1.42. The molecule has 6 heteroatoms. The molecule has 0 spiro atoms. The minimum Gasteiger partial charge on any atom is -0.350 e. The van der Waals surface area contributed by atoms with E-state index in [9.17, 15) is 8.78 Å². The van der Waals surface area contributed by atoms with Crippen molar-refractivity contribution in [2.45, 2.75) is 13.3 Å². The molecule has 0 aliphatic rings. The van der Waals surface area contributed by atoms with E-state index in [1.54, 1.807) is 11.1 Å². The molecule has 1 heterocycles. The Labute approximate surface area is 110 Å². The van der Waals surface area contributed by atoms with Crippen molar-refractivity contribution in [2.75, 3.05) is 23.3 Å². The molecule has 0 aromatic carbocycles. The Morgan fingerprint density at radius 1 is 1.50 bits per heavy atom. The largest absolute Gasteiger partial charge is 0.350 e. The Kier molecular flexibility index (Phi) is 5.61. The zero-order valence-electron chi connectivity index (χ0n) is 8.76. The van der Waals surface area contributed by atoms with Gasteiger partial charge in [-0.3, -0.25) is 0 Å². The standard InChI is InChI=1S/C10H12Br2F2N2/c1-7-4-8(12)5-15-10(7)16(3-2-11)6-9(13)14/h4-5,9H,2-3,6H2,1H3. The van der Waals surface area contributed by atoms with E-state index in [1.165, 1.54) is 0 Å². The van der Waals surface area contributed by atoms with Crippen LogP contribution < -0.4 is 4.90 Å². The fraction of sp³-hybridized carbons (Fsp3) is 0.500. The number of aromatic nitrogens is 1. The number of halogens is 4. The molecule has 0 saturated carbocycles. The monoisotopic (exact) mass is 356 g/mol. The van der Waals surface area contributed by atoms with E-state index in [0.29, 0.717) is 17.7 Å². The predicted molar refractivity (Wildman–Crippen MR) is 68.7 cm³/mol. The van der Waals surface area contributed by atoms with Gasteiger partial charge in [0.15, 0.2) is 0 Å². The summed E-state index contributed by atoms with van der Waals surface area (Å²) in [6.45, 7) is 2.08. The van der Waals surface area contributed by atoms with Gasteiger partial charge in [0.25, 0.3) is 6.43 Å². The van der Waals surface area contributed by atoms with Crippen LogP contribution in [0.3, 0.4) is 0 Å². The van der Waals surface area contributed by atoms with Gasteiger partial charge in [-0.25, -0.2) is 13.8 Å². The second-order valence-electron chi connectivity index (χ2n) is 3.32. The number of aryl methyl sites for hydroxylation is 1. The minimum absolute atomic E-state index is 0.291. The minimum atomic E-state index is -2.36. The summed E-state index contributed by atoms with van der Waals surface area (Å²) in [5.74, 6) is 0.614. The van der Waals surface area contributed by atoms with Crippen molar-refractivity contribution in [3.63, 3.8) is 0 Å². The van der Waals surface area contributed by atoms with E-state index < -0.39 is 6.43 Å². The van der Waals surface area contributed by atoms with Crippen LogP contribution in [-0.4, -0.2) is 29.8 Å². The highest BCUT2D eigenvalue weighted by molar-refractivity contribution is 9.10. The van der Waals surface area contributed by atoms with Crippen LogP contribution in [-0.2, 0) is 0 Å². The van der Waals surface area contributed by atoms with Crippen LogP contribution in [0.2, 0.25) is 0 Å². The zero-order chi connectivity index (χ0) is 12.1. The molecule has 0 aliphatic carbocycles. The number of hydrogen-bond acceptors (Lipinski definition) is 2. The lowest BCUT2D eigenvalue weighted by molar-refractivity contribution is 0.155. The van der Waals surface area contributed by atoms with Gasteiger partial charge >= 0.3 is 0 Å². The number of pyridine rings is 1. The van der Waals surface area contributed by atoms with Crippen molar-refractivity contribution in [1.82, 2.24) is 4.98 Å². The normalized spacial score (nSPS) is 10.9. The summed E-state index contributed by atoms with van der Waals surface area (Å²) in [5.41, 5.74) is 0.885. The highest BCUT2D eigenvalue weighted by Gasteiger charge is 2.15. The summed E-state index contributed by atoms with van der Waals surface area (Å²) < 4.78 is 25.7. The first-order valence-electron chi connectivity index (χ1n) is 4.75. The Bertz CT molecular complexity index is 348. The summed E-state index contributed by atoms with van der Waals surface area (Å²) in [6.07, 6.45) is -0.737. The van der Waals surface area contributed by atoms with Gasteiger partial charge in [-0.15, -0.1) is 0 Å². The van der Waals surface area contributed by atoms with Gasteiger partial charge in [-0.05, 0) is 34.5 Å². The Morgan fingerprint density at radius 2 is 2.19 bits per heavy atom. The molecule has 0 bridgehead atoms. The SMILES string of the molecule is Cc1cc(Br)cnc1N(CCBr)CC(F)F. The lowest BCUT2D eigenvalue weighted by atomic mass is 10.2. The Balaban J connectivity index is 2.91. The van der Waals surface area contributed by atoms with Crippen LogP contribution in [0.4, 0.5) is 14.6 Å². The van der Waals surface area contributed by atoms with Crippen molar-refractivity contribution < 1.29 is 8.78 Å². The average molecular weight is 358 g/mol. The fourth-order valence-corrected chi connectivity index (χ4v) is 2.29. The second-order valence-corrected chi connectivity index (χ2v) is 5.03. The Morgan fingerprint density at radius 3 is 2.69 bits per heavy atom. The van der Waals surface area contributed by atoms with Crippen molar-refractivity contribution in [3.05, 3.63) is 22.3 Å². The molecule has 0 amide bonds. The maximum absolute atomic E-state index is 12.4. The smallest absolute Gasteiger partial charge is 0.255 e. The third-order valence-corrected chi connectivity index (χ3v) is 2.82.